The second-order valence-corrected chi connectivity index (χ2v) is 8.59. The third-order valence-corrected chi connectivity index (χ3v) is 5.88. The van der Waals surface area contributed by atoms with E-state index in [0.29, 0.717) is 17.9 Å². The fourth-order valence-corrected chi connectivity index (χ4v) is 4.24. The molecule has 4 N–H and O–H groups in total. The minimum Gasteiger partial charge on any atom is -0.480 e. The number of rotatable bonds is 8. The number of hydrogen-bond donors (Lipinski definition) is 3. The van der Waals surface area contributed by atoms with Crippen molar-refractivity contribution < 1.29 is 32.7 Å². The summed E-state index contributed by atoms with van der Waals surface area (Å²) >= 11 is 1.20. The molecule has 1 aromatic rings. The first-order valence-electron chi connectivity index (χ1n) is 9.34. The largest absolute Gasteiger partial charge is 0.480 e. The van der Waals surface area contributed by atoms with E-state index < -0.39 is 52.7 Å². The van der Waals surface area contributed by atoms with Crippen LogP contribution in [-0.4, -0.2) is 57.5 Å². The lowest BCUT2D eigenvalue weighted by molar-refractivity contribution is -0.144. The molecule has 0 saturated carbocycles. The summed E-state index contributed by atoms with van der Waals surface area (Å²) in [5.74, 6) is -5.58. The van der Waals surface area contributed by atoms with E-state index in [4.69, 9.17) is 5.73 Å². The van der Waals surface area contributed by atoms with Gasteiger partial charge in [0, 0.05) is 30.8 Å². The maximum absolute atomic E-state index is 13.8. The van der Waals surface area contributed by atoms with Gasteiger partial charge in [0.05, 0.1) is 0 Å². The van der Waals surface area contributed by atoms with Crippen LogP contribution in [-0.2, 0) is 20.8 Å². The fourth-order valence-electron chi connectivity index (χ4n) is 3.10. The standard InChI is InChI=1S/C19H24F3N3O4S/c1-9(2)16(19(28)29)24-17(27)18-25(3-4-30-18)15(26)7-11(23)5-10-6-13(21)14(22)8-12(10)20/h6,8-9,11,16,18H,3-5,7,23H2,1-2H3,(H,24,27)(H,28,29)/t11-,16+,18?/m1/s1. The van der Waals surface area contributed by atoms with E-state index in [1.54, 1.807) is 13.8 Å². The Bertz CT molecular complexity index is 824. The highest BCUT2D eigenvalue weighted by Crippen LogP contribution is 2.25. The van der Waals surface area contributed by atoms with E-state index >= 15 is 0 Å². The lowest BCUT2D eigenvalue weighted by Gasteiger charge is -2.26. The van der Waals surface area contributed by atoms with Crippen molar-refractivity contribution in [2.75, 3.05) is 12.3 Å². The van der Waals surface area contributed by atoms with Crippen molar-refractivity contribution in [2.24, 2.45) is 11.7 Å². The lowest BCUT2D eigenvalue weighted by Crippen LogP contribution is -2.52. The number of carboxylic acids is 1. The molecule has 7 nitrogen and oxygen atoms in total. The minimum atomic E-state index is -1.31. The highest BCUT2D eigenvalue weighted by molar-refractivity contribution is 8.00. The van der Waals surface area contributed by atoms with Crippen molar-refractivity contribution in [3.05, 3.63) is 35.1 Å². The number of nitrogens with zero attached hydrogens (tertiary/aromatic N) is 1. The minimum absolute atomic E-state index is 0.152. The summed E-state index contributed by atoms with van der Waals surface area (Å²) in [6.07, 6.45) is -0.434. The second kappa shape index (κ2) is 10.2. The van der Waals surface area contributed by atoms with E-state index in [1.165, 1.54) is 16.7 Å². The number of hydrogen-bond acceptors (Lipinski definition) is 5. The number of carboxylic acid groups (broad SMARTS) is 1. The highest BCUT2D eigenvalue weighted by atomic mass is 32.2. The third kappa shape index (κ3) is 5.88. The van der Waals surface area contributed by atoms with Crippen molar-refractivity contribution in [2.45, 2.75) is 44.1 Å². The first-order chi connectivity index (χ1) is 14.0. The molecular weight excluding hydrogens is 423 g/mol. The van der Waals surface area contributed by atoms with E-state index in [9.17, 15) is 32.7 Å². The predicted octanol–water partition coefficient (Wildman–Crippen LogP) is 1.49. The predicted molar refractivity (Wildman–Crippen MR) is 105 cm³/mol. The molecule has 1 fully saturated rings. The quantitative estimate of drug-likeness (QED) is 0.521. The van der Waals surface area contributed by atoms with Gasteiger partial charge in [-0.15, -0.1) is 11.8 Å². The zero-order valence-electron chi connectivity index (χ0n) is 16.5. The van der Waals surface area contributed by atoms with Crippen LogP contribution in [0.3, 0.4) is 0 Å². The second-order valence-electron chi connectivity index (χ2n) is 7.40. The van der Waals surface area contributed by atoms with Crippen molar-refractivity contribution >= 4 is 29.5 Å². The first kappa shape index (κ1) is 24.0. The smallest absolute Gasteiger partial charge is 0.326 e. The highest BCUT2D eigenvalue weighted by Gasteiger charge is 2.37. The van der Waals surface area contributed by atoms with Gasteiger partial charge in [-0.2, -0.15) is 0 Å². The molecule has 3 atom stereocenters. The summed E-state index contributed by atoms with van der Waals surface area (Å²) in [7, 11) is 0. The summed E-state index contributed by atoms with van der Waals surface area (Å²) in [5, 5.41) is 10.8. The first-order valence-corrected chi connectivity index (χ1v) is 10.4. The number of carbonyl (C=O) groups excluding carboxylic acids is 2. The summed E-state index contributed by atoms with van der Waals surface area (Å²) in [6, 6.07) is -0.845. The number of thioether (sulfide) groups is 1. The zero-order valence-corrected chi connectivity index (χ0v) is 17.3. The Kier molecular flexibility index (Phi) is 8.13. The Morgan fingerprint density at radius 1 is 1.23 bits per heavy atom. The van der Waals surface area contributed by atoms with Crippen LogP contribution in [0.1, 0.15) is 25.8 Å². The van der Waals surface area contributed by atoms with Gasteiger partial charge in [-0.05, 0) is 24.0 Å². The summed E-state index contributed by atoms with van der Waals surface area (Å²) in [6.45, 7) is 3.58. The van der Waals surface area contributed by atoms with Crippen LogP contribution in [0.2, 0.25) is 0 Å². The number of nitrogens with two attached hydrogens (primary N) is 1. The molecule has 2 rings (SSSR count). The molecule has 1 saturated heterocycles. The molecule has 1 heterocycles. The molecule has 1 aliphatic heterocycles. The van der Waals surface area contributed by atoms with Crippen LogP contribution in [0.4, 0.5) is 13.2 Å². The van der Waals surface area contributed by atoms with Crippen LogP contribution >= 0.6 is 11.8 Å². The Labute approximate surface area is 176 Å². The van der Waals surface area contributed by atoms with E-state index in [2.05, 4.69) is 5.32 Å². The van der Waals surface area contributed by atoms with Crippen LogP contribution < -0.4 is 11.1 Å². The van der Waals surface area contributed by atoms with Crippen molar-refractivity contribution in [3.63, 3.8) is 0 Å². The van der Waals surface area contributed by atoms with E-state index in [0.717, 1.165) is 0 Å². The topological polar surface area (TPSA) is 113 Å². The molecule has 1 unspecified atom stereocenters. The number of benzene rings is 1. The molecule has 11 heteroatoms. The number of halogens is 3. The van der Waals surface area contributed by atoms with Gasteiger partial charge in [-0.3, -0.25) is 9.59 Å². The van der Waals surface area contributed by atoms with Crippen LogP contribution in [0, 0.1) is 23.4 Å². The Morgan fingerprint density at radius 2 is 1.87 bits per heavy atom. The Hall–Kier alpha value is -2.27. The monoisotopic (exact) mass is 447 g/mol. The molecule has 1 aliphatic rings. The number of carbonyl (C=O) groups is 3. The van der Waals surface area contributed by atoms with Crippen molar-refractivity contribution in [3.8, 4) is 0 Å². The molecule has 0 bridgehead atoms. The summed E-state index contributed by atoms with van der Waals surface area (Å²) in [5.41, 5.74) is 5.75. The van der Waals surface area contributed by atoms with Gasteiger partial charge in [0.15, 0.2) is 17.0 Å². The third-order valence-electron chi connectivity index (χ3n) is 4.67. The molecule has 2 amide bonds. The van der Waals surface area contributed by atoms with Gasteiger partial charge in [0.1, 0.15) is 11.9 Å². The van der Waals surface area contributed by atoms with Gasteiger partial charge >= 0.3 is 5.97 Å². The maximum Gasteiger partial charge on any atom is 0.326 e. The van der Waals surface area contributed by atoms with Gasteiger partial charge in [0.25, 0.3) is 5.91 Å². The fraction of sp³-hybridized carbons (Fsp3) is 0.526. The molecule has 0 aliphatic carbocycles. The molecule has 0 spiro atoms. The van der Waals surface area contributed by atoms with Crippen molar-refractivity contribution in [1.29, 1.82) is 0 Å². The SMILES string of the molecule is CC(C)[C@H](NC(=O)C1SCCN1C(=O)C[C@H](N)Cc1cc(F)c(F)cc1F)C(=O)O. The van der Waals surface area contributed by atoms with Gasteiger partial charge in [0.2, 0.25) is 5.91 Å². The normalized spacial score (nSPS) is 18.4. The Balaban J connectivity index is 2.00. The summed E-state index contributed by atoms with van der Waals surface area (Å²) in [4.78, 5) is 37.7. The lowest BCUT2D eigenvalue weighted by atomic mass is 10.0. The number of aliphatic carboxylic acids is 1. The Morgan fingerprint density at radius 3 is 2.47 bits per heavy atom. The maximum atomic E-state index is 13.8. The van der Waals surface area contributed by atoms with E-state index in [1.807, 2.05) is 0 Å². The van der Waals surface area contributed by atoms with Crippen LogP contribution in [0.25, 0.3) is 0 Å². The van der Waals surface area contributed by atoms with Crippen LogP contribution in [0.15, 0.2) is 12.1 Å². The molecular formula is C19H24F3N3O4S. The molecule has 0 radical (unpaired) electrons. The molecule has 1 aromatic carbocycles. The van der Waals surface area contributed by atoms with Gasteiger partial charge in [-0.25, -0.2) is 18.0 Å². The average Bonchev–Trinajstić information content (AvgIpc) is 3.13. The van der Waals surface area contributed by atoms with Gasteiger partial charge in [-0.1, -0.05) is 13.8 Å². The van der Waals surface area contributed by atoms with Gasteiger partial charge < -0.3 is 21.1 Å². The number of amides is 2. The zero-order chi connectivity index (χ0) is 22.6. The number of nitrogens with one attached hydrogen (secondary N) is 1. The van der Waals surface area contributed by atoms with Crippen molar-refractivity contribution in [1.82, 2.24) is 10.2 Å². The van der Waals surface area contributed by atoms with Crippen LogP contribution in [0.5, 0.6) is 0 Å². The average molecular weight is 447 g/mol. The van der Waals surface area contributed by atoms with E-state index in [-0.39, 0.29) is 30.9 Å². The molecule has 30 heavy (non-hydrogen) atoms. The molecule has 0 aromatic heterocycles. The molecule has 166 valence electrons. The summed E-state index contributed by atoms with van der Waals surface area (Å²) < 4.78 is 40.2.